The van der Waals surface area contributed by atoms with E-state index < -0.39 is 0 Å². The van der Waals surface area contributed by atoms with Crippen LogP contribution in [-0.4, -0.2) is 39.9 Å². The van der Waals surface area contributed by atoms with Crippen LogP contribution in [-0.2, 0) is 0 Å². The number of halogens is 4. The molecule has 8 nitrogen and oxygen atoms in total. The summed E-state index contributed by atoms with van der Waals surface area (Å²) in [6.45, 7) is 0. The molecule has 0 aliphatic carbocycles. The second-order valence-electron chi connectivity index (χ2n) is 10.4. The average molecular weight is 830 g/mol. The first-order chi connectivity index (χ1) is 21.4. The first kappa shape index (κ1) is 26.6. The second kappa shape index (κ2) is 9.83. The molecule has 4 aromatic carbocycles. The van der Waals surface area contributed by atoms with Crippen molar-refractivity contribution < 1.29 is 0 Å². The van der Waals surface area contributed by atoms with Gasteiger partial charge in [-0.05, 0) is 72.8 Å². The number of rotatable bonds is 0. The van der Waals surface area contributed by atoms with Gasteiger partial charge in [0.2, 0.25) is 0 Å². The molecule has 9 rings (SSSR count). The number of H-pyrrole nitrogens is 2. The highest BCUT2D eigenvalue weighted by molar-refractivity contribution is 9.11. The van der Waals surface area contributed by atoms with E-state index in [1.165, 1.54) is 0 Å². The standard InChI is InChI=1S/C32H14Br4N8/c33-13-1-5-17-21(9-13)29-37-25(17)41-30-22-10-14(34)2-6-18(22)27(38-30)43-32-24-12-16(36)4-8-20(24)28(40-32)44-31-23-11-15(35)3-7-19(23)26(39-31)42-29/h1-12H,(H2,37,38,39,40,41,42,43,44). The number of nitrogens with zero attached hydrogens (tertiary/aromatic N) is 6. The van der Waals surface area contributed by atoms with Crippen molar-refractivity contribution in [1.82, 2.24) is 39.9 Å². The van der Waals surface area contributed by atoms with Crippen LogP contribution in [0.4, 0.5) is 0 Å². The normalized spacial score (nSPS) is 12.1. The van der Waals surface area contributed by atoms with Crippen LogP contribution in [0.5, 0.6) is 0 Å². The number of nitrogens with one attached hydrogen (secondary N) is 2. The molecular weight excluding hydrogens is 816 g/mol. The van der Waals surface area contributed by atoms with Crippen LogP contribution in [0.2, 0.25) is 0 Å². The minimum Gasteiger partial charge on any atom is -0.324 e. The summed E-state index contributed by atoms with van der Waals surface area (Å²) in [4.78, 5) is 37.1. The van der Waals surface area contributed by atoms with Crippen molar-refractivity contribution in [2.75, 3.05) is 0 Å². The maximum absolute atomic E-state index is 5.06. The molecule has 0 radical (unpaired) electrons. The summed E-state index contributed by atoms with van der Waals surface area (Å²) in [6.07, 6.45) is 0. The van der Waals surface area contributed by atoms with E-state index in [4.69, 9.17) is 29.9 Å². The SMILES string of the molecule is Brc1ccc2c(c1)-c1nc-2nc2[nH]c(nc3nc(nc4[nH]c(n1)c1ccc(Br)cc41)-c1ccc(Br)cc1-3)c1ccc(Br)cc21. The summed E-state index contributed by atoms with van der Waals surface area (Å²) in [6, 6.07) is 24.1. The molecule has 12 heteroatoms. The first-order valence-corrected chi connectivity index (χ1v) is 16.6. The zero-order valence-corrected chi connectivity index (χ0v) is 28.5. The van der Waals surface area contributed by atoms with E-state index in [0.29, 0.717) is 45.9 Å². The third kappa shape index (κ3) is 4.19. The largest absolute Gasteiger partial charge is 0.324 e. The van der Waals surface area contributed by atoms with Crippen molar-refractivity contribution in [3.05, 3.63) is 90.7 Å². The minimum atomic E-state index is 0.552. The van der Waals surface area contributed by atoms with Crippen LogP contribution in [0.25, 0.3) is 89.7 Å². The van der Waals surface area contributed by atoms with Gasteiger partial charge in [-0.2, -0.15) is 0 Å². The molecule has 0 spiro atoms. The molecule has 0 saturated heterocycles. The van der Waals surface area contributed by atoms with Crippen molar-refractivity contribution in [3.8, 4) is 45.6 Å². The topological polar surface area (TPSA) is 109 Å². The number of hydrogen-bond donors (Lipinski definition) is 2. The molecule has 0 saturated carbocycles. The maximum Gasteiger partial charge on any atom is 0.164 e. The van der Waals surface area contributed by atoms with E-state index in [9.17, 15) is 0 Å². The molecule has 210 valence electrons. The molecular formula is C32H14Br4N8. The minimum absolute atomic E-state index is 0.552. The predicted octanol–water partition coefficient (Wildman–Crippen LogP) is 9.92. The van der Waals surface area contributed by atoms with Gasteiger partial charge in [0.15, 0.2) is 23.3 Å². The average Bonchev–Trinajstić information content (AvgIpc) is 3.71. The van der Waals surface area contributed by atoms with Gasteiger partial charge in [-0.3, -0.25) is 0 Å². The maximum atomic E-state index is 5.06. The van der Waals surface area contributed by atoms with Gasteiger partial charge >= 0.3 is 0 Å². The van der Waals surface area contributed by atoms with Gasteiger partial charge in [-0.1, -0.05) is 63.7 Å². The Bertz CT molecular complexity index is 2390. The molecule has 8 bridgehead atoms. The fourth-order valence-electron chi connectivity index (χ4n) is 5.68. The summed E-state index contributed by atoms with van der Waals surface area (Å²) in [5.74, 6) is 2.21. The third-order valence-electron chi connectivity index (χ3n) is 7.68. The molecule has 0 atom stereocenters. The lowest BCUT2D eigenvalue weighted by atomic mass is 10.1. The van der Waals surface area contributed by atoms with Crippen LogP contribution >= 0.6 is 63.7 Å². The Hall–Kier alpha value is -3.84. The van der Waals surface area contributed by atoms with Gasteiger partial charge in [0.25, 0.3) is 0 Å². The fraction of sp³-hybridized carbons (Fsp3) is 0. The van der Waals surface area contributed by atoms with Gasteiger partial charge in [0, 0.05) is 61.7 Å². The van der Waals surface area contributed by atoms with Gasteiger partial charge in [0.05, 0.1) is 0 Å². The first-order valence-electron chi connectivity index (χ1n) is 13.4. The van der Waals surface area contributed by atoms with Gasteiger partial charge < -0.3 is 9.97 Å². The van der Waals surface area contributed by atoms with E-state index in [1.54, 1.807) is 0 Å². The van der Waals surface area contributed by atoms with Crippen LogP contribution in [0, 0.1) is 0 Å². The quantitative estimate of drug-likeness (QED) is 0.158. The Morgan fingerprint density at radius 3 is 1.11 bits per heavy atom. The zero-order chi connectivity index (χ0) is 29.7. The van der Waals surface area contributed by atoms with Crippen LogP contribution in [0.1, 0.15) is 0 Å². The Kier molecular flexibility index (Phi) is 5.93. The molecule has 5 heterocycles. The lowest BCUT2D eigenvalue weighted by molar-refractivity contribution is 1.19. The van der Waals surface area contributed by atoms with E-state index in [0.717, 1.165) is 61.7 Å². The Labute approximate surface area is 282 Å². The van der Waals surface area contributed by atoms with Crippen molar-refractivity contribution in [3.63, 3.8) is 0 Å². The molecule has 2 aliphatic heterocycles. The third-order valence-corrected chi connectivity index (χ3v) is 9.65. The molecule has 44 heavy (non-hydrogen) atoms. The number of fused-ring (bicyclic) bond motifs is 20. The van der Waals surface area contributed by atoms with E-state index in [2.05, 4.69) is 73.7 Å². The van der Waals surface area contributed by atoms with E-state index in [-0.39, 0.29) is 0 Å². The van der Waals surface area contributed by atoms with Crippen molar-refractivity contribution in [1.29, 1.82) is 0 Å². The van der Waals surface area contributed by atoms with Gasteiger partial charge in [-0.25, -0.2) is 29.9 Å². The summed E-state index contributed by atoms with van der Waals surface area (Å²) in [7, 11) is 0. The molecule has 3 aromatic heterocycles. The summed E-state index contributed by atoms with van der Waals surface area (Å²) >= 11 is 14.5. The number of aromatic amines is 2. The fourth-order valence-corrected chi connectivity index (χ4v) is 7.13. The predicted molar refractivity (Wildman–Crippen MR) is 187 cm³/mol. The van der Waals surface area contributed by atoms with Crippen LogP contribution < -0.4 is 0 Å². The molecule has 0 unspecified atom stereocenters. The number of hydrogen-bond acceptors (Lipinski definition) is 6. The van der Waals surface area contributed by atoms with E-state index >= 15 is 0 Å². The van der Waals surface area contributed by atoms with Gasteiger partial charge in [0.1, 0.15) is 22.6 Å². The smallest absolute Gasteiger partial charge is 0.164 e. The molecule has 0 amide bonds. The lowest BCUT2D eigenvalue weighted by Gasteiger charge is -1.99. The van der Waals surface area contributed by atoms with Crippen molar-refractivity contribution >= 4 is 108 Å². The Morgan fingerprint density at radius 1 is 0.341 bits per heavy atom. The van der Waals surface area contributed by atoms with Crippen LogP contribution in [0.3, 0.4) is 0 Å². The molecule has 2 aliphatic rings. The monoisotopic (exact) mass is 826 g/mol. The van der Waals surface area contributed by atoms with Gasteiger partial charge in [-0.15, -0.1) is 0 Å². The molecule has 2 N–H and O–H groups in total. The summed E-state index contributed by atoms with van der Waals surface area (Å²) < 4.78 is 3.71. The highest BCUT2D eigenvalue weighted by atomic mass is 79.9. The summed E-state index contributed by atoms with van der Waals surface area (Å²) in [5, 5.41) is 3.63. The Balaban J connectivity index is 1.51. The van der Waals surface area contributed by atoms with Crippen LogP contribution in [0.15, 0.2) is 90.7 Å². The second-order valence-corrected chi connectivity index (χ2v) is 14.0. The summed E-state index contributed by atoms with van der Waals surface area (Å²) in [5.41, 5.74) is 6.08. The lowest BCUT2D eigenvalue weighted by Crippen LogP contribution is -1.83. The van der Waals surface area contributed by atoms with E-state index in [1.807, 2.05) is 72.8 Å². The van der Waals surface area contributed by atoms with Crippen molar-refractivity contribution in [2.24, 2.45) is 0 Å². The highest BCUT2D eigenvalue weighted by Gasteiger charge is 2.23. The zero-order valence-electron chi connectivity index (χ0n) is 22.1. The highest BCUT2D eigenvalue weighted by Crippen LogP contribution is 2.39. The number of aromatic nitrogens is 8. The molecule has 0 fully saturated rings. The molecule has 7 aromatic rings. The van der Waals surface area contributed by atoms with Crippen molar-refractivity contribution in [2.45, 2.75) is 0 Å². The number of benzene rings is 4. The Morgan fingerprint density at radius 2 is 0.682 bits per heavy atom.